The number of aromatic nitrogens is 1. The molecule has 1 aromatic heterocycles. The van der Waals surface area contributed by atoms with E-state index in [2.05, 4.69) is 22.4 Å². The molecule has 0 aromatic carbocycles. The zero-order valence-electron chi connectivity index (χ0n) is 12.6. The summed E-state index contributed by atoms with van der Waals surface area (Å²) in [5, 5.41) is 4.18. The Morgan fingerprint density at radius 3 is 2.55 bits per heavy atom. The van der Waals surface area contributed by atoms with Gasteiger partial charge in [-0.25, -0.2) is 10.2 Å². The van der Waals surface area contributed by atoms with E-state index in [-0.39, 0.29) is 0 Å². The Labute approximate surface area is 120 Å². The number of rotatable bonds is 5. The molecule has 0 aliphatic rings. The molecule has 0 saturated carbocycles. The molecule has 0 unspecified atom stereocenters. The van der Waals surface area contributed by atoms with Gasteiger partial charge in [0, 0.05) is 18.0 Å². The second-order valence-electron chi connectivity index (χ2n) is 5.51. The summed E-state index contributed by atoms with van der Waals surface area (Å²) in [6, 6.07) is 3.76. The maximum absolute atomic E-state index is 11.6. The average Bonchev–Trinajstić information content (AvgIpc) is 2.38. The number of nitrogens with one attached hydrogen (secondary N) is 1. The van der Waals surface area contributed by atoms with Crippen molar-refractivity contribution in [3.05, 3.63) is 30.1 Å². The Balaban J connectivity index is 2.73. The summed E-state index contributed by atoms with van der Waals surface area (Å²) >= 11 is 0. The third-order valence-electron chi connectivity index (χ3n) is 2.46. The molecule has 0 bridgehead atoms. The summed E-state index contributed by atoms with van der Waals surface area (Å²) in [5.41, 5.74) is 3.72. The molecule has 1 N–H and O–H groups in total. The molecule has 110 valence electrons. The highest BCUT2D eigenvalue weighted by Crippen LogP contribution is 2.08. The van der Waals surface area contributed by atoms with E-state index in [1.807, 2.05) is 32.9 Å². The van der Waals surface area contributed by atoms with Crippen LogP contribution in [-0.2, 0) is 4.74 Å². The average molecular weight is 277 g/mol. The van der Waals surface area contributed by atoms with Crippen molar-refractivity contribution >= 4 is 11.8 Å². The molecule has 0 spiro atoms. The predicted molar refractivity (Wildman–Crippen MR) is 79.7 cm³/mol. The molecule has 20 heavy (non-hydrogen) atoms. The maximum Gasteiger partial charge on any atom is 0.428 e. The predicted octanol–water partition coefficient (Wildman–Crippen LogP) is 3.50. The summed E-state index contributed by atoms with van der Waals surface area (Å²) in [6.45, 7) is 7.57. The zero-order chi connectivity index (χ0) is 15.0. The minimum atomic E-state index is -0.541. The smallest absolute Gasteiger partial charge is 0.428 e. The number of carbonyl (C=O) groups excluding carboxylic acids is 1. The normalized spacial score (nSPS) is 12.1. The number of hydrazone groups is 1. The van der Waals surface area contributed by atoms with Gasteiger partial charge >= 0.3 is 6.09 Å². The van der Waals surface area contributed by atoms with Gasteiger partial charge in [-0.05, 0) is 45.7 Å². The molecule has 5 nitrogen and oxygen atoms in total. The van der Waals surface area contributed by atoms with Gasteiger partial charge in [-0.1, -0.05) is 13.3 Å². The number of carbonyl (C=O) groups is 1. The Morgan fingerprint density at radius 1 is 1.35 bits per heavy atom. The largest absolute Gasteiger partial charge is 0.443 e. The minimum Gasteiger partial charge on any atom is -0.443 e. The van der Waals surface area contributed by atoms with Crippen LogP contribution in [0.25, 0.3) is 0 Å². The molecule has 0 aliphatic heterocycles. The molecular weight excluding hydrogens is 254 g/mol. The first kappa shape index (κ1) is 16.1. The van der Waals surface area contributed by atoms with Crippen LogP contribution in [0.5, 0.6) is 0 Å². The lowest BCUT2D eigenvalue weighted by molar-refractivity contribution is 0.0529. The second-order valence-corrected chi connectivity index (χ2v) is 5.51. The Morgan fingerprint density at radius 2 is 2.00 bits per heavy atom. The zero-order valence-corrected chi connectivity index (χ0v) is 12.6. The van der Waals surface area contributed by atoms with Crippen LogP contribution < -0.4 is 5.43 Å². The second kappa shape index (κ2) is 7.62. The molecule has 0 atom stereocenters. The van der Waals surface area contributed by atoms with Crippen LogP contribution >= 0.6 is 0 Å². The van der Waals surface area contributed by atoms with Crippen molar-refractivity contribution in [3.8, 4) is 0 Å². The standard InChI is InChI=1S/C15H23N3O2/c1-5-6-7-13(12-8-10-16-11-9-12)17-18-14(19)20-15(2,3)4/h8-11H,5-7H2,1-4H3,(H,18,19). The van der Waals surface area contributed by atoms with E-state index in [1.165, 1.54) is 0 Å². The van der Waals surface area contributed by atoms with Crippen molar-refractivity contribution in [2.45, 2.75) is 52.6 Å². The van der Waals surface area contributed by atoms with E-state index in [0.717, 1.165) is 30.5 Å². The van der Waals surface area contributed by atoms with E-state index in [1.54, 1.807) is 12.4 Å². The summed E-state index contributed by atoms with van der Waals surface area (Å²) in [7, 11) is 0. The number of amides is 1. The van der Waals surface area contributed by atoms with Crippen LogP contribution in [0.4, 0.5) is 4.79 Å². The first-order valence-corrected chi connectivity index (χ1v) is 6.88. The lowest BCUT2D eigenvalue weighted by atomic mass is 10.1. The monoisotopic (exact) mass is 277 g/mol. The first-order chi connectivity index (χ1) is 9.42. The Hall–Kier alpha value is -1.91. The van der Waals surface area contributed by atoms with Gasteiger partial charge in [0.2, 0.25) is 0 Å². The highest BCUT2D eigenvalue weighted by Gasteiger charge is 2.15. The maximum atomic E-state index is 11.6. The summed E-state index contributed by atoms with van der Waals surface area (Å²) in [6.07, 6.45) is 5.76. The molecule has 1 aromatic rings. The van der Waals surface area contributed by atoms with Gasteiger partial charge in [0.1, 0.15) is 5.60 Å². The van der Waals surface area contributed by atoms with Gasteiger partial charge < -0.3 is 4.74 Å². The quantitative estimate of drug-likeness (QED) is 0.661. The van der Waals surface area contributed by atoms with Crippen molar-refractivity contribution in [3.63, 3.8) is 0 Å². The highest BCUT2D eigenvalue weighted by molar-refractivity contribution is 6.00. The molecule has 0 saturated heterocycles. The Bertz CT molecular complexity index is 450. The molecule has 1 amide bonds. The number of nitrogens with zero attached hydrogens (tertiary/aromatic N) is 2. The van der Waals surface area contributed by atoms with Crippen LogP contribution in [0.3, 0.4) is 0 Å². The summed E-state index contributed by atoms with van der Waals surface area (Å²) in [4.78, 5) is 15.6. The number of hydrogen-bond acceptors (Lipinski definition) is 4. The van der Waals surface area contributed by atoms with Crippen molar-refractivity contribution in [1.29, 1.82) is 0 Å². The van der Waals surface area contributed by atoms with E-state index in [4.69, 9.17) is 4.74 Å². The Kier molecular flexibility index (Phi) is 6.15. The molecule has 0 radical (unpaired) electrons. The first-order valence-electron chi connectivity index (χ1n) is 6.88. The number of hydrogen-bond donors (Lipinski definition) is 1. The number of unbranched alkanes of at least 4 members (excludes halogenated alkanes) is 1. The van der Waals surface area contributed by atoms with Crippen molar-refractivity contribution in [1.82, 2.24) is 10.4 Å². The van der Waals surface area contributed by atoms with E-state index in [0.29, 0.717) is 0 Å². The van der Waals surface area contributed by atoms with Crippen LogP contribution in [-0.4, -0.2) is 22.4 Å². The van der Waals surface area contributed by atoms with Crippen molar-refractivity contribution in [2.24, 2.45) is 5.10 Å². The number of pyridine rings is 1. The summed E-state index contributed by atoms with van der Waals surface area (Å²) < 4.78 is 5.16. The minimum absolute atomic E-state index is 0.528. The lowest BCUT2D eigenvalue weighted by Crippen LogP contribution is -2.30. The third-order valence-corrected chi connectivity index (χ3v) is 2.46. The molecule has 0 aliphatic carbocycles. The molecule has 5 heteroatoms. The SMILES string of the molecule is CCCCC(=NNC(=O)OC(C)(C)C)c1ccncc1. The highest BCUT2D eigenvalue weighted by atomic mass is 16.6. The van der Waals surface area contributed by atoms with Gasteiger partial charge in [-0.3, -0.25) is 4.98 Å². The van der Waals surface area contributed by atoms with E-state index in [9.17, 15) is 4.79 Å². The fourth-order valence-electron chi connectivity index (χ4n) is 1.57. The fraction of sp³-hybridized carbons (Fsp3) is 0.533. The van der Waals surface area contributed by atoms with Gasteiger partial charge in [0.05, 0.1) is 5.71 Å². The van der Waals surface area contributed by atoms with Crippen molar-refractivity contribution < 1.29 is 9.53 Å². The third kappa shape index (κ3) is 6.31. The van der Waals surface area contributed by atoms with Crippen LogP contribution in [0.1, 0.15) is 52.5 Å². The van der Waals surface area contributed by atoms with E-state index < -0.39 is 11.7 Å². The van der Waals surface area contributed by atoms with E-state index >= 15 is 0 Å². The summed E-state index contributed by atoms with van der Waals surface area (Å²) in [5.74, 6) is 0. The van der Waals surface area contributed by atoms with Gasteiger partial charge in [0.25, 0.3) is 0 Å². The van der Waals surface area contributed by atoms with Gasteiger partial charge in [0.15, 0.2) is 0 Å². The van der Waals surface area contributed by atoms with Crippen molar-refractivity contribution in [2.75, 3.05) is 0 Å². The molecule has 0 fully saturated rings. The topological polar surface area (TPSA) is 63.6 Å². The van der Waals surface area contributed by atoms with Gasteiger partial charge in [-0.15, -0.1) is 0 Å². The van der Waals surface area contributed by atoms with Crippen LogP contribution in [0, 0.1) is 0 Å². The van der Waals surface area contributed by atoms with Crippen LogP contribution in [0.15, 0.2) is 29.6 Å². The number of ether oxygens (including phenoxy) is 1. The molecule has 1 heterocycles. The van der Waals surface area contributed by atoms with Crippen LogP contribution in [0.2, 0.25) is 0 Å². The molecular formula is C15H23N3O2. The van der Waals surface area contributed by atoms with Gasteiger partial charge in [-0.2, -0.15) is 5.10 Å². The lowest BCUT2D eigenvalue weighted by Gasteiger charge is -2.18. The molecule has 1 rings (SSSR count). The fourth-order valence-corrected chi connectivity index (χ4v) is 1.57.